The molecule has 1 aliphatic heterocycles. The van der Waals surface area contributed by atoms with E-state index in [1.54, 1.807) is 24.3 Å². The third-order valence-electron chi connectivity index (χ3n) is 6.41. The van der Waals surface area contributed by atoms with Gasteiger partial charge in [-0.2, -0.15) is 0 Å². The molecule has 2 aromatic carbocycles. The molecule has 1 N–H and O–H groups in total. The largest absolute Gasteiger partial charge is 0.465 e. The molecule has 1 aliphatic carbocycles. The number of rotatable bonds is 3. The number of nitrogens with one attached hydrogen (secondary N) is 1. The smallest absolute Gasteiger partial charge is 0.339 e. The van der Waals surface area contributed by atoms with Crippen molar-refractivity contribution in [1.82, 2.24) is 4.90 Å². The molecule has 1 saturated carbocycles. The predicted molar refractivity (Wildman–Crippen MR) is 118 cm³/mol. The Bertz CT molecular complexity index is 1370. The molecular weight excluding hydrogens is 412 g/mol. The lowest BCUT2D eigenvalue weighted by atomic mass is 9.92. The summed E-state index contributed by atoms with van der Waals surface area (Å²) in [5, 5.41) is 3.61. The highest BCUT2D eigenvalue weighted by molar-refractivity contribution is 6.31. The van der Waals surface area contributed by atoms with Crippen LogP contribution in [-0.2, 0) is 4.74 Å². The summed E-state index contributed by atoms with van der Waals surface area (Å²) in [6.07, 6.45) is 5.00. The van der Waals surface area contributed by atoms with Crippen LogP contribution in [0.3, 0.4) is 0 Å². The minimum Gasteiger partial charge on any atom is -0.465 e. The zero-order valence-electron chi connectivity index (χ0n) is 17.8. The van der Waals surface area contributed by atoms with E-state index in [2.05, 4.69) is 5.32 Å². The topological polar surface area (TPSA) is 106 Å². The second-order valence-corrected chi connectivity index (χ2v) is 8.27. The monoisotopic (exact) mass is 434 g/mol. The number of ether oxygens (including phenoxy) is 1. The molecule has 1 fully saturated rings. The molecule has 32 heavy (non-hydrogen) atoms. The number of hydrogen-bond acceptors (Lipinski definition) is 7. The van der Waals surface area contributed by atoms with Gasteiger partial charge in [-0.1, -0.05) is 31.4 Å². The molecular formula is C24H22N2O6. The van der Waals surface area contributed by atoms with Gasteiger partial charge < -0.3 is 14.5 Å². The molecule has 8 nitrogen and oxygen atoms in total. The van der Waals surface area contributed by atoms with Crippen LogP contribution in [-0.4, -0.2) is 42.9 Å². The summed E-state index contributed by atoms with van der Waals surface area (Å²) in [6.45, 7) is 0. The van der Waals surface area contributed by atoms with Gasteiger partial charge in [0.1, 0.15) is 5.58 Å². The summed E-state index contributed by atoms with van der Waals surface area (Å²) in [5.41, 5.74) is -0.0276. The molecule has 2 aliphatic rings. The van der Waals surface area contributed by atoms with E-state index in [4.69, 9.17) is 9.15 Å². The highest BCUT2D eigenvalue weighted by atomic mass is 16.5. The third kappa shape index (κ3) is 2.82. The molecule has 0 saturated heterocycles. The maximum atomic E-state index is 13.5. The Morgan fingerprint density at radius 1 is 1.06 bits per heavy atom. The maximum absolute atomic E-state index is 13.5. The Morgan fingerprint density at radius 3 is 2.47 bits per heavy atom. The van der Waals surface area contributed by atoms with Crippen LogP contribution in [0.1, 0.15) is 63.2 Å². The van der Waals surface area contributed by atoms with Crippen molar-refractivity contribution in [2.75, 3.05) is 19.5 Å². The number of para-hydroxylation sites is 1. The average Bonchev–Trinajstić information content (AvgIpc) is 3.04. The summed E-state index contributed by atoms with van der Waals surface area (Å²) in [4.78, 5) is 53.5. The van der Waals surface area contributed by atoms with E-state index in [1.807, 2.05) is 0 Å². The normalized spacial score (nSPS) is 16.6. The third-order valence-corrected chi connectivity index (χ3v) is 6.41. The molecule has 0 bridgehead atoms. The molecule has 2 amide bonds. The molecule has 0 unspecified atom stereocenters. The van der Waals surface area contributed by atoms with E-state index >= 15 is 0 Å². The fourth-order valence-electron chi connectivity index (χ4n) is 4.78. The fourth-order valence-corrected chi connectivity index (χ4v) is 4.78. The van der Waals surface area contributed by atoms with Crippen LogP contribution in [0.25, 0.3) is 21.9 Å². The second kappa shape index (κ2) is 7.47. The van der Waals surface area contributed by atoms with Crippen LogP contribution >= 0.6 is 0 Å². The van der Waals surface area contributed by atoms with Crippen molar-refractivity contribution in [2.45, 2.75) is 38.1 Å². The number of fused-ring (bicyclic) bond motifs is 3. The number of esters is 1. The van der Waals surface area contributed by atoms with Crippen LogP contribution in [0.5, 0.6) is 0 Å². The molecule has 0 radical (unpaired) electrons. The van der Waals surface area contributed by atoms with E-state index < -0.39 is 23.2 Å². The quantitative estimate of drug-likeness (QED) is 0.381. The highest BCUT2D eigenvalue weighted by Crippen LogP contribution is 2.40. The Hall–Kier alpha value is -3.68. The first-order valence-corrected chi connectivity index (χ1v) is 10.7. The Kier molecular flexibility index (Phi) is 4.73. The number of imide groups is 1. The molecule has 1 aromatic heterocycles. The van der Waals surface area contributed by atoms with Crippen molar-refractivity contribution in [3.8, 4) is 0 Å². The summed E-state index contributed by atoms with van der Waals surface area (Å²) in [6, 6.07) is 6.75. The minimum absolute atomic E-state index is 0.0504. The van der Waals surface area contributed by atoms with Crippen LogP contribution in [0.15, 0.2) is 33.5 Å². The number of anilines is 1. The van der Waals surface area contributed by atoms with E-state index in [9.17, 15) is 19.2 Å². The van der Waals surface area contributed by atoms with Crippen LogP contribution in [0.4, 0.5) is 5.69 Å². The minimum atomic E-state index is -0.866. The summed E-state index contributed by atoms with van der Waals surface area (Å²) >= 11 is 0. The van der Waals surface area contributed by atoms with E-state index in [0.717, 1.165) is 37.0 Å². The van der Waals surface area contributed by atoms with Gasteiger partial charge >= 0.3 is 5.97 Å². The predicted octanol–water partition coefficient (Wildman–Crippen LogP) is 3.70. The first kappa shape index (κ1) is 20.2. The van der Waals surface area contributed by atoms with Crippen LogP contribution < -0.4 is 10.7 Å². The van der Waals surface area contributed by atoms with Gasteiger partial charge in [0.2, 0.25) is 5.43 Å². The number of methoxy groups -OCH3 is 1. The van der Waals surface area contributed by atoms with Gasteiger partial charge in [-0.15, -0.1) is 0 Å². The van der Waals surface area contributed by atoms with Gasteiger partial charge in [0, 0.05) is 13.1 Å². The summed E-state index contributed by atoms with van der Waals surface area (Å²) in [5.74, 6) is -2.06. The van der Waals surface area contributed by atoms with Gasteiger partial charge in [0.15, 0.2) is 5.58 Å². The Morgan fingerprint density at radius 2 is 1.75 bits per heavy atom. The van der Waals surface area contributed by atoms with Crippen molar-refractivity contribution in [2.24, 2.45) is 0 Å². The zero-order chi connectivity index (χ0) is 22.6. The molecule has 2 heterocycles. The van der Waals surface area contributed by atoms with E-state index in [0.29, 0.717) is 11.3 Å². The number of benzene rings is 2. The van der Waals surface area contributed by atoms with Crippen molar-refractivity contribution in [3.63, 3.8) is 0 Å². The number of carbonyl (C=O) groups excluding carboxylic acids is 3. The van der Waals surface area contributed by atoms with Gasteiger partial charge in [-0.05, 0) is 25.0 Å². The van der Waals surface area contributed by atoms with Gasteiger partial charge in [0.05, 0.1) is 40.3 Å². The van der Waals surface area contributed by atoms with Crippen LogP contribution in [0.2, 0.25) is 0 Å². The SMILES string of the molecule is COC(=O)c1c2c(c(NC3CCCCC3)c3oc4ccccc4c(=O)c13)C(=O)N(C)C2=O. The Labute approximate surface area is 183 Å². The van der Waals surface area contributed by atoms with Gasteiger partial charge in [-0.3, -0.25) is 19.3 Å². The molecule has 0 spiro atoms. The Balaban J connectivity index is 1.95. The first-order valence-electron chi connectivity index (χ1n) is 10.7. The zero-order valence-corrected chi connectivity index (χ0v) is 17.8. The number of nitrogens with zero attached hydrogens (tertiary/aromatic N) is 1. The lowest BCUT2D eigenvalue weighted by molar-refractivity contribution is 0.0592. The number of carbonyl (C=O) groups is 3. The molecule has 8 heteroatoms. The lowest BCUT2D eigenvalue weighted by Crippen LogP contribution is -2.26. The number of amides is 2. The highest BCUT2D eigenvalue weighted by Gasteiger charge is 2.43. The van der Waals surface area contributed by atoms with Crippen molar-refractivity contribution in [3.05, 3.63) is 51.2 Å². The molecule has 5 rings (SSSR count). The van der Waals surface area contributed by atoms with Crippen molar-refractivity contribution >= 4 is 45.4 Å². The first-order chi connectivity index (χ1) is 15.4. The molecule has 164 valence electrons. The standard InChI is InChI=1S/C24H22N2O6/c1-26-22(28)15-16(24(30)31-2)18-20(27)13-10-6-7-11-14(13)32-21(18)19(17(15)23(26)29)25-12-8-4-3-5-9-12/h6-7,10-12,25H,3-5,8-9H2,1-2H3. The molecule has 0 atom stereocenters. The van der Waals surface area contributed by atoms with Gasteiger partial charge in [0.25, 0.3) is 11.8 Å². The lowest BCUT2D eigenvalue weighted by Gasteiger charge is -2.25. The summed E-state index contributed by atoms with van der Waals surface area (Å²) < 4.78 is 11.1. The second-order valence-electron chi connectivity index (χ2n) is 8.27. The number of hydrogen-bond donors (Lipinski definition) is 1. The fraction of sp³-hybridized carbons (Fsp3) is 0.333. The van der Waals surface area contributed by atoms with Crippen LogP contribution in [0, 0.1) is 0 Å². The summed E-state index contributed by atoms with van der Waals surface area (Å²) in [7, 11) is 2.52. The maximum Gasteiger partial charge on any atom is 0.339 e. The van der Waals surface area contributed by atoms with Crippen molar-refractivity contribution in [1.29, 1.82) is 0 Å². The van der Waals surface area contributed by atoms with E-state index in [-0.39, 0.29) is 39.1 Å². The van der Waals surface area contributed by atoms with Crippen molar-refractivity contribution < 1.29 is 23.5 Å². The van der Waals surface area contributed by atoms with E-state index in [1.165, 1.54) is 14.2 Å². The molecule has 3 aromatic rings. The van der Waals surface area contributed by atoms with Gasteiger partial charge in [-0.25, -0.2) is 4.79 Å². The average molecular weight is 434 g/mol.